The third-order valence-corrected chi connectivity index (χ3v) is 5.61. The monoisotopic (exact) mass is 266 g/mol. The van der Waals surface area contributed by atoms with Crippen LogP contribution in [0.15, 0.2) is 0 Å². The average Bonchev–Trinajstić information content (AvgIpc) is 2.98. The van der Waals surface area contributed by atoms with Gasteiger partial charge in [-0.25, -0.2) is 0 Å². The number of nitrogens with one attached hydrogen (secondary N) is 1. The van der Waals surface area contributed by atoms with Gasteiger partial charge in [0.1, 0.15) is 0 Å². The van der Waals surface area contributed by atoms with E-state index in [1.54, 1.807) is 0 Å². The molecule has 0 bridgehead atoms. The van der Waals surface area contributed by atoms with Crippen LogP contribution in [0.3, 0.4) is 0 Å². The summed E-state index contributed by atoms with van der Waals surface area (Å²) in [5.74, 6) is 0.857. The van der Waals surface area contributed by atoms with Crippen LogP contribution >= 0.6 is 0 Å². The molecular formula is C17H34N2. The second-order valence-electron chi connectivity index (χ2n) is 7.35. The van der Waals surface area contributed by atoms with Crippen molar-refractivity contribution in [1.82, 2.24) is 10.2 Å². The van der Waals surface area contributed by atoms with Crippen molar-refractivity contribution in [2.45, 2.75) is 78.3 Å². The van der Waals surface area contributed by atoms with E-state index < -0.39 is 0 Å². The van der Waals surface area contributed by atoms with Crippen molar-refractivity contribution >= 4 is 0 Å². The van der Waals surface area contributed by atoms with Crippen molar-refractivity contribution in [1.29, 1.82) is 0 Å². The Morgan fingerprint density at radius 2 is 1.79 bits per heavy atom. The maximum atomic E-state index is 3.78. The molecule has 0 aromatic heterocycles. The highest BCUT2D eigenvalue weighted by atomic mass is 15.2. The summed E-state index contributed by atoms with van der Waals surface area (Å²) in [6, 6.07) is 1.60. The molecule has 0 aromatic carbocycles. The van der Waals surface area contributed by atoms with Crippen LogP contribution in [0.4, 0.5) is 0 Å². The Morgan fingerprint density at radius 3 is 2.37 bits per heavy atom. The molecule has 0 aliphatic heterocycles. The number of rotatable bonds is 6. The minimum absolute atomic E-state index is 0.482. The lowest BCUT2D eigenvalue weighted by Gasteiger charge is -2.36. The van der Waals surface area contributed by atoms with E-state index in [0.29, 0.717) is 11.5 Å². The van der Waals surface area contributed by atoms with Crippen molar-refractivity contribution in [3.8, 4) is 0 Å². The van der Waals surface area contributed by atoms with Crippen LogP contribution in [0.5, 0.6) is 0 Å². The molecule has 2 fully saturated rings. The number of hydrogen-bond acceptors (Lipinski definition) is 2. The third kappa shape index (κ3) is 3.52. The first-order valence-corrected chi connectivity index (χ1v) is 8.56. The highest BCUT2D eigenvalue weighted by molar-refractivity contribution is 4.97. The van der Waals surface area contributed by atoms with Gasteiger partial charge in [-0.3, -0.25) is 0 Å². The second kappa shape index (κ2) is 6.58. The Balaban J connectivity index is 1.96. The maximum absolute atomic E-state index is 3.78. The van der Waals surface area contributed by atoms with Crippen LogP contribution in [0.1, 0.15) is 66.2 Å². The molecule has 2 unspecified atom stereocenters. The quantitative estimate of drug-likeness (QED) is 0.789. The van der Waals surface area contributed by atoms with E-state index in [4.69, 9.17) is 0 Å². The predicted molar refractivity (Wildman–Crippen MR) is 83.5 cm³/mol. The van der Waals surface area contributed by atoms with E-state index in [2.05, 4.69) is 37.9 Å². The zero-order valence-corrected chi connectivity index (χ0v) is 13.5. The standard InChI is InChI=1S/C17H34N2/c1-5-18-16-14(11-12-17(16,3)4)13-19(6-2)15-9-7-8-10-15/h14-16,18H,5-13H2,1-4H3. The molecule has 0 amide bonds. The summed E-state index contributed by atoms with van der Waals surface area (Å²) in [5, 5.41) is 3.78. The minimum atomic E-state index is 0.482. The lowest BCUT2D eigenvalue weighted by molar-refractivity contribution is 0.150. The van der Waals surface area contributed by atoms with Gasteiger partial charge >= 0.3 is 0 Å². The fraction of sp³-hybridized carbons (Fsp3) is 1.00. The zero-order chi connectivity index (χ0) is 13.9. The third-order valence-electron chi connectivity index (χ3n) is 5.61. The van der Waals surface area contributed by atoms with Crippen molar-refractivity contribution in [2.24, 2.45) is 11.3 Å². The van der Waals surface area contributed by atoms with Gasteiger partial charge in [0, 0.05) is 18.6 Å². The average molecular weight is 266 g/mol. The van der Waals surface area contributed by atoms with Crippen LogP contribution in [0.25, 0.3) is 0 Å². The molecule has 2 heteroatoms. The molecule has 1 N–H and O–H groups in total. The molecule has 0 aromatic rings. The van der Waals surface area contributed by atoms with Gasteiger partial charge < -0.3 is 10.2 Å². The van der Waals surface area contributed by atoms with Crippen LogP contribution in [0.2, 0.25) is 0 Å². The Hall–Kier alpha value is -0.0800. The van der Waals surface area contributed by atoms with Crippen LogP contribution in [-0.4, -0.2) is 36.6 Å². The minimum Gasteiger partial charge on any atom is -0.313 e. The fourth-order valence-electron chi connectivity index (χ4n) is 4.48. The first-order valence-electron chi connectivity index (χ1n) is 8.56. The molecule has 0 spiro atoms. The lowest BCUT2D eigenvalue weighted by atomic mass is 9.84. The van der Waals surface area contributed by atoms with E-state index in [0.717, 1.165) is 18.5 Å². The van der Waals surface area contributed by atoms with Crippen molar-refractivity contribution in [3.63, 3.8) is 0 Å². The van der Waals surface area contributed by atoms with Crippen molar-refractivity contribution in [2.75, 3.05) is 19.6 Å². The summed E-state index contributed by atoms with van der Waals surface area (Å²) in [7, 11) is 0. The van der Waals surface area contributed by atoms with Gasteiger partial charge in [-0.15, -0.1) is 0 Å². The molecule has 2 atom stereocenters. The summed E-state index contributed by atoms with van der Waals surface area (Å²) in [6.07, 6.45) is 8.58. The highest BCUT2D eigenvalue weighted by Crippen LogP contribution is 2.42. The van der Waals surface area contributed by atoms with Gasteiger partial charge in [-0.05, 0) is 50.1 Å². The Kier molecular flexibility index (Phi) is 5.30. The largest absolute Gasteiger partial charge is 0.313 e. The zero-order valence-electron chi connectivity index (χ0n) is 13.5. The topological polar surface area (TPSA) is 15.3 Å². The van der Waals surface area contributed by atoms with E-state index in [1.807, 2.05) is 0 Å². The van der Waals surface area contributed by atoms with Gasteiger partial charge in [0.05, 0.1) is 0 Å². The predicted octanol–water partition coefficient (Wildman–Crippen LogP) is 3.67. The van der Waals surface area contributed by atoms with Gasteiger partial charge in [-0.2, -0.15) is 0 Å². The second-order valence-corrected chi connectivity index (χ2v) is 7.35. The van der Waals surface area contributed by atoms with E-state index >= 15 is 0 Å². The molecule has 2 nitrogen and oxygen atoms in total. The summed E-state index contributed by atoms with van der Waals surface area (Å²) in [5.41, 5.74) is 0.482. The van der Waals surface area contributed by atoms with Crippen LogP contribution in [-0.2, 0) is 0 Å². The highest BCUT2D eigenvalue weighted by Gasteiger charge is 2.42. The molecule has 2 rings (SSSR count). The Bertz CT molecular complexity index is 268. The van der Waals surface area contributed by atoms with E-state index in [1.165, 1.54) is 51.6 Å². The summed E-state index contributed by atoms with van der Waals surface area (Å²) in [6.45, 7) is 13.2. The normalized spacial score (nSPS) is 31.4. The summed E-state index contributed by atoms with van der Waals surface area (Å²) >= 11 is 0. The maximum Gasteiger partial charge on any atom is 0.0159 e. The van der Waals surface area contributed by atoms with Crippen molar-refractivity contribution in [3.05, 3.63) is 0 Å². The number of hydrogen-bond donors (Lipinski definition) is 1. The van der Waals surface area contributed by atoms with Crippen LogP contribution < -0.4 is 5.32 Å². The first kappa shape index (κ1) is 15.3. The van der Waals surface area contributed by atoms with Gasteiger partial charge in [0.2, 0.25) is 0 Å². The van der Waals surface area contributed by atoms with Gasteiger partial charge in [0.15, 0.2) is 0 Å². The molecular weight excluding hydrogens is 232 g/mol. The SMILES string of the molecule is CCNC1C(CN(CC)C2CCCC2)CCC1(C)C. The number of nitrogens with zero attached hydrogens (tertiary/aromatic N) is 1. The molecule has 112 valence electrons. The lowest BCUT2D eigenvalue weighted by Crippen LogP contribution is -2.47. The fourth-order valence-corrected chi connectivity index (χ4v) is 4.48. The summed E-state index contributed by atoms with van der Waals surface area (Å²) < 4.78 is 0. The van der Waals surface area contributed by atoms with E-state index in [9.17, 15) is 0 Å². The summed E-state index contributed by atoms with van der Waals surface area (Å²) in [4.78, 5) is 2.78. The molecule has 2 aliphatic rings. The molecule has 19 heavy (non-hydrogen) atoms. The van der Waals surface area contributed by atoms with Crippen molar-refractivity contribution < 1.29 is 0 Å². The van der Waals surface area contributed by atoms with E-state index in [-0.39, 0.29) is 0 Å². The van der Waals surface area contributed by atoms with Crippen LogP contribution in [0, 0.1) is 11.3 Å². The van der Waals surface area contributed by atoms with Gasteiger partial charge in [-0.1, -0.05) is 40.5 Å². The Morgan fingerprint density at radius 1 is 1.11 bits per heavy atom. The first-order chi connectivity index (χ1) is 9.08. The Labute approximate surface area is 120 Å². The molecule has 0 radical (unpaired) electrons. The molecule has 2 saturated carbocycles. The smallest absolute Gasteiger partial charge is 0.0159 e. The molecule has 2 aliphatic carbocycles. The molecule has 0 heterocycles. The molecule has 0 saturated heterocycles. The van der Waals surface area contributed by atoms with Gasteiger partial charge in [0.25, 0.3) is 0 Å².